The molecule has 0 radical (unpaired) electrons. The standard InChI is InChI=1S/C26H54NO7PS/c1-2-3-4-5-6-7-8-9-10-11-12-13-14-16-20-31-23-25(32-21-17-15-18-26(28)29)24-34-35(30,36)33-22-19-27/h25H,2-24,27H2,1H3,(H,28,29)(H,30,36)/p-1. The molecule has 8 nitrogen and oxygen atoms in total. The highest BCUT2D eigenvalue weighted by Gasteiger charge is 2.14. The number of ether oxygens (including phenoxy) is 2. The predicted molar refractivity (Wildman–Crippen MR) is 148 cm³/mol. The van der Waals surface area contributed by atoms with Gasteiger partial charge in [-0.3, -0.25) is 4.79 Å². The molecule has 0 amide bonds. The number of carboxylic acid groups (broad SMARTS) is 1. The van der Waals surface area contributed by atoms with Crippen LogP contribution < -0.4 is 10.6 Å². The number of carboxylic acids is 1. The molecule has 2 atom stereocenters. The van der Waals surface area contributed by atoms with E-state index in [0.717, 1.165) is 12.8 Å². The summed E-state index contributed by atoms with van der Waals surface area (Å²) in [5, 5.41) is 8.73. The van der Waals surface area contributed by atoms with Crippen molar-refractivity contribution in [3.63, 3.8) is 0 Å². The van der Waals surface area contributed by atoms with Gasteiger partial charge in [-0.1, -0.05) is 102 Å². The van der Waals surface area contributed by atoms with Gasteiger partial charge in [0.05, 0.1) is 19.8 Å². The quantitative estimate of drug-likeness (QED) is 0.0885. The highest BCUT2D eigenvalue weighted by molar-refractivity contribution is 8.06. The van der Waals surface area contributed by atoms with Gasteiger partial charge in [0.2, 0.25) is 0 Å². The summed E-state index contributed by atoms with van der Waals surface area (Å²) >= 11 is 4.86. The molecule has 0 aliphatic rings. The van der Waals surface area contributed by atoms with Crippen molar-refractivity contribution in [2.75, 3.05) is 39.6 Å². The summed E-state index contributed by atoms with van der Waals surface area (Å²) < 4.78 is 21.8. The molecule has 0 heterocycles. The second-order valence-corrected chi connectivity index (χ2v) is 12.1. The fourth-order valence-corrected chi connectivity index (χ4v) is 4.92. The van der Waals surface area contributed by atoms with Crippen LogP contribution in [0.4, 0.5) is 0 Å². The van der Waals surface area contributed by atoms with Crippen molar-refractivity contribution >= 4 is 24.5 Å². The molecule has 0 aliphatic carbocycles. The maximum absolute atomic E-state index is 12.1. The number of carbonyl (C=O) groups is 1. The monoisotopic (exact) mass is 554 g/mol. The van der Waals surface area contributed by atoms with Crippen LogP contribution >= 0.6 is 6.72 Å². The molecule has 0 aromatic heterocycles. The van der Waals surface area contributed by atoms with Crippen molar-refractivity contribution in [2.45, 2.75) is 122 Å². The lowest BCUT2D eigenvalue weighted by Gasteiger charge is -2.29. The third kappa shape index (κ3) is 26.9. The summed E-state index contributed by atoms with van der Waals surface area (Å²) in [5.74, 6) is -0.824. The van der Waals surface area contributed by atoms with Crippen molar-refractivity contribution in [1.82, 2.24) is 0 Å². The molecule has 0 rings (SSSR count). The Balaban J connectivity index is 3.85. The van der Waals surface area contributed by atoms with Gasteiger partial charge in [0.1, 0.15) is 12.8 Å². The SMILES string of the molecule is CCCCCCCCCCCCCCCCOCC(COP([O-])(=S)OCCN)OCCCCC(=O)O. The normalized spacial score (nSPS) is 14.1. The van der Waals surface area contributed by atoms with Gasteiger partial charge < -0.3 is 34.3 Å². The average molecular weight is 555 g/mol. The third-order valence-corrected chi connectivity index (χ3v) is 7.47. The Morgan fingerprint density at radius 3 is 1.86 bits per heavy atom. The number of aliphatic carboxylic acids is 1. The zero-order valence-electron chi connectivity index (χ0n) is 22.7. The molecule has 0 fully saturated rings. The predicted octanol–water partition coefficient (Wildman–Crippen LogP) is 5.70. The van der Waals surface area contributed by atoms with Crippen molar-refractivity contribution < 1.29 is 33.3 Å². The van der Waals surface area contributed by atoms with Crippen LogP contribution in [-0.4, -0.2) is 56.8 Å². The summed E-state index contributed by atoms with van der Waals surface area (Å²) in [6, 6.07) is 0. The Morgan fingerprint density at radius 2 is 1.33 bits per heavy atom. The highest BCUT2D eigenvalue weighted by atomic mass is 32.5. The second-order valence-electron chi connectivity index (χ2n) is 9.38. The zero-order chi connectivity index (χ0) is 26.7. The van der Waals surface area contributed by atoms with Crippen LogP contribution in [0.1, 0.15) is 116 Å². The fraction of sp³-hybridized carbons (Fsp3) is 0.962. The lowest BCUT2D eigenvalue weighted by Crippen LogP contribution is -2.27. The van der Waals surface area contributed by atoms with Gasteiger partial charge in [0.25, 0.3) is 0 Å². The molecule has 2 unspecified atom stereocenters. The van der Waals surface area contributed by atoms with E-state index in [9.17, 15) is 9.69 Å². The summed E-state index contributed by atoms with van der Waals surface area (Å²) in [6.45, 7) is 0.211. The first-order valence-corrected chi connectivity index (χ1v) is 16.7. The minimum atomic E-state index is -3.61. The van der Waals surface area contributed by atoms with Crippen LogP contribution in [0, 0.1) is 0 Å². The number of nitrogens with two attached hydrogens (primary N) is 1. The Morgan fingerprint density at radius 1 is 0.806 bits per heavy atom. The lowest BCUT2D eigenvalue weighted by atomic mass is 10.0. The molecule has 10 heteroatoms. The van der Waals surface area contributed by atoms with Gasteiger partial charge in [-0.25, -0.2) is 0 Å². The molecule has 36 heavy (non-hydrogen) atoms. The van der Waals surface area contributed by atoms with Crippen molar-refractivity contribution in [2.24, 2.45) is 5.73 Å². The molecular weight excluding hydrogens is 501 g/mol. The molecule has 0 saturated heterocycles. The van der Waals surface area contributed by atoms with Crippen molar-refractivity contribution in [3.05, 3.63) is 0 Å². The average Bonchev–Trinajstić information content (AvgIpc) is 2.84. The number of hydrogen-bond acceptors (Lipinski definition) is 8. The minimum Gasteiger partial charge on any atom is -0.780 e. The molecule has 0 aliphatic heterocycles. The maximum atomic E-state index is 12.1. The first-order valence-electron chi connectivity index (χ1n) is 14.1. The van der Waals surface area contributed by atoms with Gasteiger partial charge in [-0.05, 0) is 19.3 Å². The van der Waals surface area contributed by atoms with Gasteiger partial charge in [-0.15, -0.1) is 0 Å². The van der Waals surface area contributed by atoms with Crippen molar-refractivity contribution in [1.29, 1.82) is 0 Å². The van der Waals surface area contributed by atoms with E-state index in [-0.39, 0.29) is 26.2 Å². The van der Waals surface area contributed by atoms with Gasteiger partial charge in [0.15, 0.2) is 0 Å². The summed E-state index contributed by atoms with van der Waals surface area (Å²) in [7, 11) is 0. The number of hydrogen-bond donors (Lipinski definition) is 2. The van der Waals surface area contributed by atoms with E-state index < -0.39 is 18.8 Å². The van der Waals surface area contributed by atoms with E-state index in [4.69, 9.17) is 41.2 Å². The molecule has 0 bridgehead atoms. The topological polar surface area (TPSA) is 123 Å². The number of rotatable bonds is 29. The summed E-state index contributed by atoms with van der Waals surface area (Å²) in [4.78, 5) is 22.7. The van der Waals surface area contributed by atoms with Crippen LogP contribution in [0.5, 0.6) is 0 Å². The van der Waals surface area contributed by atoms with Crippen LogP contribution in [0.2, 0.25) is 0 Å². The fourth-order valence-electron chi connectivity index (χ4n) is 3.76. The molecule has 0 spiro atoms. The van der Waals surface area contributed by atoms with Gasteiger partial charge >= 0.3 is 5.97 Å². The Labute approximate surface area is 225 Å². The molecule has 3 N–H and O–H groups in total. The molecular formula is C26H53NO7PS-. The van der Waals surface area contributed by atoms with Crippen LogP contribution in [-0.2, 0) is 35.1 Å². The van der Waals surface area contributed by atoms with Crippen LogP contribution in [0.15, 0.2) is 0 Å². The van der Waals surface area contributed by atoms with E-state index in [1.807, 2.05) is 0 Å². The van der Waals surface area contributed by atoms with E-state index >= 15 is 0 Å². The molecule has 216 valence electrons. The van der Waals surface area contributed by atoms with E-state index in [0.29, 0.717) is 32.7 Å². The van der Waals surface area contributed by atoms with E-state index in [1.54, 1.807) is 0 Å². The first-order chi connectivity index (χ1) is 17.4. The van der Waals surface area contributed by atoms with Crippen LogP contribution in [0.3, 0.4) is 0 Å². The minimum absolute atomic E-state index is 0.0109. The molecule has 0 aromatic carbocycles. The molecule has 0 saturated carbocycles. The van der Waals surface area contributed by atoms with Gasteiger partial charge in [0, 0.05) is 26.2 Å². The second kappa shape index (κ2) is 26.5. The lowest BCUT2D eigenvalue weighted by molar-refractivity contribution is -0.209. The van der Waals surface area contributed by atoms with Gasteiger partial charge in [-0.2, -0.15) is 0 Å². The van der Waals surface area contributed by atoms with E-state index in [2.05, 4.69) is 6.92 Å². The maximum Gasteiger partial charge on any atom is 0.303 e. The largest absolute Gasteiger partial charge is 0.780 e. The Bertz CT molecular complexity index is 542. The van der Waals surface area contributed by atoms with E-state index in [1.165, 1.54) is 77.0 Å². The smallest absolute Gasteiger partial charge is 0.303 e. The Hall–Kier alpha value is -0.120. The summed E-state index contributed by atoms with van der Waals surface area (Å²) in [5.41, 5.74) is 5.35. The zero-order valence-corrected chi connectivity index (χ0v) is 24.4. The molecule has 0 aromatic rings. The van der Waals surface area contributed by atoms with Crippen LogP contribution in [0.25, 0.3) is 0 Å². The summed E-state index contributed by atoms with van der Waals surface area (Å²) in [6.07, 6.45) is 19.1. The number of unbranched alkanes of at least 4 members (excludes halogenated alkanes) is 14. The van der Waals surface area contributed by atoms with Crippen molar-refractivity contribution in [3.8, 4) is 0 Å². The first kappa shape index (κ1) is 35.9. The third-order valence-electron chi connectivity index (χ3n) is 5.87. The Kier molecular flexibility index (Phi) is 26.4. The highest BCUT2D eigenvalue weighted by Crippen LogP contribution is 2.38.